The van der Waals surface area contributed by atoms with Gasteiger partial charge in [-0.2, -0.15) is 0 Å². The molecule has 0 bridgehead atoms. The van der Waals surface area contributed by atoms with Crippen LogP contribution in [0.25, 0.3) is 5.83 Å². The van der Waals surface area contributed by atoms with Gasteiger partial charge < -0.3 is 9.47 Å². The maximum atomic E-state index is 13.5. The second-order valence-electron chi connectivity index (χ2n) is 3.37. The lowest BCUT2D eigenvalue weighted by Gasteiger charge is -2.11. The van der Waals surface area contributed by atoms with Crippen LogP contribution in [0.3, 0.4) is 0 Å². The number of hydrogen-bond donors (Lipinski definition) is 0. The van der Waals surface area contributed by atoms with Crippen molar-refractivity contribution in [2.75, 3.05) is 14.2 Å². The van der Waals surface area contributed by atoms with Crippen LogP contribution in [0.15, 0.2) is 18.0 Å². The van der Waals surface area contributed by atoms with Gasteiger partial charge in [-0.05, 0) is 31.5 Å². The van der Waals surface area contributed by atoms with Crippen LogP contribution in [0, 0.1) is 6.92 Å². The van der Waals surface area contributed by atoms with Crippen LogP contribution in [-0.2, 0) is 0 Å². The van der Waals surface area contributed by atoms with Gasteiger partial charge >= 0.3 is 0 Å². The maximum absolute atomic E-state index is 13.5. The van der Waals surface area contributed by atoms with Crippen LogP contribution in [0.2, 0.25) is 0 Å². The highest BCUT2D eigenvalue weighted by Gasteiger charge is 2.14. The van der Waals surface area contributed by atoms with Crippen molar-refractivity contribution in [1.82, 2.24) is 0 Å². The molecule has 0 aliphatic carbocycles. The number of halogens is 2. The molecule has 0 saturated heterocycles. The van der Waals surface area contributed by atoms with Gasteiger partial charge in [0.15, 0.2) is 5.83 Å². The Balaban J connectivity index is 3.42. The second-order valence-corrected chi connectivity index (χ2v) is 3.37. The first-order valence-electron chi connectivity index (χ1n) is 4.76. The molecular weight excluding hydrogens is 214 g/mol. The summed E-state index contributed by atoms with van der Waals surface area (Å²) < 4.78 is 36.4. The number of hydrogen-bond acceptors (Lipinski definition) is 2. The van der Waals surface area contributed by atoms with Gasteiger partial charge in [-0.15, -0.1) is 0 Å². The summed E-state index contributed by atoms with van der Waals surface area (Å²) in [6, 6.07) is 3.03. The molecule has 88 valence electrons. The first-order chi connectivity index (χ1) is 7.51. The summed E-state index contributed by atoms with van der Waals surface area (Å²) in [5.74, 6) is -1.04. The van der Waals surface area contributed by atoms with E-state index in [1.54, 1.807) is 13.0 Å². The van der Waals surface area contributed by atoms with Gasteiger partial charge in [-0.25, -0.2) is 8.78 Å². The lowest BCUT2D eigenvalue weighted by atomic mass is 10.1. The molecule has 2 nitrogen and oxygen atoms in total. The van der Waals surface area contributed by atoms with Crippen LogP contribution in [0.4, 0.5) is 8.78 Å². The first kappa shape index (κ1) is 12.5. The number of rotatable bonds is 3. The molecule has 0 spiro atoms. The summed E-state index contributed by atoms with van der Waals surface area (Å²) >= 11 is 0. The van der Waals surface area contributed by atoms with Gasteiger partial charge in [-0.3, -0.25) is 0 Å². The van der Waals surface area contributed by atoms with Gasteiger partial charge in [0, 0.05) is 0 Å². The maximum Gasteiger partial charge on any atom is 0.165 e. The number of benzene rings is 1. The zero-order chi connectivity index (χ0) is 12.3. The van der Waals surface area contributed by atoms with Crippen molar-refractivity contribution in [3.05, 3.63) is 29.1 Å². The first-order valence-corrected chi connectivity index (χ1v) is 4.76. The Morgan fingerprint density at radius 3 is 2.06 bits per heavy atom. The monoisotopic (exact) mass is 228 g/mol. The predicted molar refractivity (Wildman–Crippen MR) is 59.1 cm³/mol. The lowest BCUT2D eigenvalue weighted by Crippen LogP contribution is -1.95. The molecule has 0 unspecified atom stereocenters. The molecule has 0 radical (unpaired) electrons. The average Bonchev–Trinajstić information content (AvgIpc) is 2.27. The minimum absolute atomic E-state index is 0.0601. The minimum atomic E-state index is -0.935. The van der Waals surface area contributed by atoms with Crippen molar-refractivity contribution >= 4 is 5.83 Å². The Kier molecular flexibility index (Phi) is 3.88. The Bertz CT molecular complexity index is 421. The van der Waals surface area contributed by atoms with Crippen molar-refractivity contribution in [1.29, 1.82) is 0 Å². The largest absolute Gasteiger partial charge is 0.496 e. The molecule has 0 heterocycles. The van der Waals surface area contributed by atoms with Gasteiger partial charge in [0.2, 0.25) is 0 Å². The van der Waals surface area contributed by atoms with Crippen molar-refractivity contribution in [2.45, 2.75) is 13.8 Å². The molecule has 4 heteroatoms. The Morgan fingerprint density at radius 2 is 1.62 bits per heavy atom. The fraction of sp³-hybridized carbons (Fsp3) is 0.333. The highest BCUT2D eigenvalue weighted by molar-refractivity contribution is 5.69. The molecular formula is C12H14F2O2. The second kappa shape index (κ2) is 4.96. The zero-order valence-corrected chi connectivity index (χ0v) is 9.73. The summed E-state index contributed by atoms with van der Waals surface area (Å²) in [4.78, 5) is 0. The van der Waals surface area contributed by atoms with Crippen LogP contribution in [0.5, 0.6) is 11.5 Å². The lowest BCUT2D eigenvalue weighted by molar-refractivity contribution is 0.398. The van der Waals surface area contributed by atoms with Gasteiger partial charge in [0.25, 0.3) is 0 Å². The van der Waals surface area contributed by atoms with Crippen molar-refractivity contribution in [3.63, 3.8) is 0 Å². The molecule has 0 N–H and O–H groups in total. The number of aryl methyl sites for hydroxylation is 1. The standard InChI is InChI=1S/C12H14F2O2/c1-7-5-11(16-4)9(6-10(7)15-3)12(14)8(2)13/h5-6H,1-4H3/b12-8+. The van der Waals surface area contributed by atoms with Crippen LogP contribution in [-0.4, -0.2) is 14.2 Å². The van der Waals surface area contributed by atoms with E-state index in [1.165, 1.54) is 20.3 Å². The molecule has 1 aromatic rings. The van der Waals surface area contributed by atoms with Crippen molar-refractivity contribution < 1.29 is 18.3 Å². The van der Waals surface area contributed by atoms with Crippen molar-refractivity contribution in [3.8, 4) is 11.5 Å². The average molecular weight is 228 g/mol. The smallest absolute Gasteiger partial charge is 0.165 e. The minimum Gasteiger partial charge on any atom is -0.496 e. The molecule has 0 saturated carbocycles. The summed E-state index contributed by atoms with van der Waals surface area (Å²) in [6.45, 7) is 2.86. The van der Waals surface area contributed by atoms with E-state index in [-0.39, 0.29) is 11.3 Å². The van der Waals surface area contributed by atoms with E-state index in [9.17, 15) is 8.78 Å². The normalized spacial score (nSPS) is 12.1. The predicted octanol–water partition coefficient (Wildman–Crippen LogP) is 3.64. The number of allylic oxidation sites excluding steroid dienone is 1. The third-order valence-electron chi connectivity index (χ3n) is 2.26. The van der Waals surface area contributed by atoms with Crippen LogP contribution >= 0.6 is 0 Å². The number of ether oxygens (including phenoxy) is 2. The molecule has 1 rings (SSSR count). The Hall–Kier alpha value is -1.58. The van der Waals surface area contributed by atoms with E-state index in [0.717, 1.165) is 12.5 Å². The summed E-state index contributed by atoms with van der Waals surface area (Å²) in [6.07, 6.45) is 0. The topological polar surface area (TPSA) is 18.5 Å². The third kappa shape index (κ3) is 2.32. The molecule has 0 amide bonds. The highest BCUT2D eigenvalue weighted by atomic mass is 19.2. The molecule has 0 aliphatic rings. The molecule has 0 aliphatic heterocycles. The van der Waals surface area contributed by atoms with Crippen LogP contribution in [0.1, 0.15) is 18.1 Å². The molecule has 0 atom stereocenters. The molecule has 16 heavy (non-hydrogen) atoms. The summed E-state index contributed by atoms with van der Waals surface area (Å²) in [5.41, 5.74) is 0.859. The van der Waals surface area contributed by atoms with E-state index in [0.29, 0.717) is 5.75 Å². The molecule has 1 aromatic carbocycles. The zero-order valence-electron chi connectivity index (χ0n) is 9.73. The summed E-state index contributed by atoms with van der Waals surface area (Å²) in [5, 5.41) is 0. The fourth-order valence-electron chi connectivity index (χ4n) is 1.41. The Morgan fingerprint density at radius 1 is 1.06 bits per heavy atom. The third-order valence-corrected chi connectivity index (χ3v) is 2.26. The highest BCUT2D eigenvalue weighted by Crippen LogP contribution is 2.35. The van der Waals surface area contributed by atoms with E-state index >= 15 is 0 Å². The fourth-order valence-corrected chi connectivity index (χ4v) is 1.41. The van der Waals surface area contributed by atoms with Crippen molar-refractivity contribution in [2.24, 2.45) is 0 Å². The van der Waals surface area contributed by atoms with Gasteiger partial charge in [0.05, 0.1) is 19.8 Å². The van der Waals surface area contributed by atoms with E-state index in [1.807, 2.05) is 0 Å². The van der Waals surface area contributed by atoms with Crippen LogP contribution < -0.4 is 9.47 Å². The molecule has 0 fully saturated rings. The van der Waals surface area contributed by atoms with Gasteiger partial charge in [-0.1, -0.05) is 0 Å². The number of methoxy groups -OCH3 is 2. The van der Waals surface area contributed by atoms with E-state index in [2.05, 4.69) is 0 Å². The molecule has 0 aromatic heterocycles. The SMILES string of the molecule is COc1cc(/C(F)=C(/C)F)c(OC)cc1C. The Labute approximate surface area is 93.5 Å². The van der Waals surface area contributed by atoms with Gasteiger partial charge in [0.1, 0.15) is 17.3 Å². The summed E-state index contributed by atoms with van der Waals surface area (Å²) in [7, 11) is 2.88. The van der Waals surface area contributed by atoms with E-state index < -0.39 is 11.7 Å². The quantitative estimate of drug-likeness (QED) is 0.786. The van der Waals surface area contributed by atoms with E-state index in [4.69, 9.17) is 9.47 Å².